The molecular weight excluding hydrogens is 394 g/mol. The first-order chi connectivity index (χ1) is 15.9. The van der Waals surface area contributed by atoms with Gasteiger partial charge in [0.2, 0.25) is 0 Å². The lowest BCUT2D eigenvalue weighted by Crippen LogP contribution is -1.83. The monoisotopic (exact) mass is 413 g/mol. The fourth-order valence-corrected chi connectivity index (χ4v) is 4.24. The maximum Gasteiger partial charge on any atom is 0.165 e. The zero-order valence-corrected chi connectivity index (χ0v) is 17.2. The molecular formula is C29H19NO2. The highest BCUT2D eigenvalue weighted by atomic mass is 16.5. The van der Waals surface area contributed by atoms with Gasteiger partial charge in [-0.3, -0.25) is 0 Å². The summed E-state index contributed by atoms with van der Waals surface area (Å²) in [7, 11) is 0. The van der Waals surface area contributed by atoms with Crippen LogP contribution in [0, 0.1) is 0 Å². The summed E-state index contributed by atoms with van der Waals surface area (Å²) in [5.41, 5.74) is 5.98. The molecule has 0 saturated heterocycles. The maximum absolute atomic E-state index is 6.60. The Morgan fingerprint density at radius 3 is 1.69 bits per heavy atom. The molecule has 32 heavy (non-hydrogen) atoms. The Kier molecular flexibility index (Phi) is 4.43. The molecule has 0 amide bonds. The minimum Gasteiger partial charge on any atom is -0.453 e. The van der Waals surface area contributed by atoms with Crippen LogP contribution in [0.15, 0.2) is 124 Å². The lowest BCUT2D eigenvalue weighted by Gasteiger charge is -2.08. The number of aromatic nitrogens is 1. The predicted octanol–water partition coefficient (Wildman–Crippen LogP) is 8.09. The Morgan fingerprint density at radius 1 is 0.469 bits per heavy atom. The first-order valence-electron chi connectivity index (χ1n) is 10.6. The van der Waals surface area contributed by atoms with Gasteiger partial charge in [0.25, 0.3) is 0 Å². The van der Waals surface area contributed by atoms with Crippen LogP contribution in [-0.2, 0) is 0 Å². The number of hydrogen-bond acceptors (Lipinski definition) is 3. The second-order valence-corrected chi connectivity index (χ2v) is 7.66. The van der Waals surface area contributed by atoms with E-state index in [-0.39, 0.29) is 0 Å². The topological polar surface area (TPSA) is 39.2 Å². The van der Waals surface area contributed by atoms with Gasteiger partial charge in [-0.15, -0.1) is 0 Å². The molecule has 4 aromatic carbocycles. The molecule has 3 nitrogen and oxygen atoms in total. The molecule has 0 saturated carbocycles. The lowest BCUT2D eigenvalue weighted by atomic mass is 9.96. The summed E-state index contributed by atoms with van der Waals surface area (Å²) < 4.78 is 12.0. The third kappa shape index (κ3) is 3.03. The number of furan rings is 1. The Labute approximate surface area is 185 Å². The third-order valence-electron chi connectivity index (χ3n) is 5.75. The number of rotatable bonds is 4. The third-order valence-corrected chi connectivity index (χ3v) is 5.75. The summed E-state index contributed by atoms with van der Waals surface area (Å²) in [6.45, 7) is 0. The van der Waals surface area contributed by atoms with Crippen molar-refractivity contribution >= 4 is 10.8 Å². The van der Waals surface area contributed by atoms with Crippen molar-refractivity contribution in [2.75, 3.05) is 0 Å². The van der Waals surface area contributed by atoms with Gasteiger partial charge in [0, 0.05) is 16.3 Å². The highest BCUT2D eigenvalue weighted by Gasteiger charge is 2.23. The molecule has 0 unspecified atom stereocenters. The normalized spacial score (nSPS) is 11.1. The molecule has 2 aromatic heterocycles. The minimum atomic E-state index is 0.704. The number of hydrogen-bond donors (Lipinski definition) is 0. The summed E-state index contributed by atoms with van der Waals surface area (Å²) in [6.07, 6.45) is 1.68. The van der Waals surface area contributed by atoms with Crippen LogP contribution >= 0.6 is 0 Å². The van der Waals surface area contributed by atoms with Crippen LogP contribution in [0.2, 0.25) is 0 Å². The highest BCUT2D eigenvalue weighted by Crippen LogP contribution is 2.44. The van der Waals surface area contributed by atoms with Gasteiger partial charge < -0.3 is 8.94 Å². The first kappa shape index (κ1) is 18.4. The summed E-state index contributed by atoms with van der Waals surface area (Å²) in [5, 5.41) is 6.39. The van der Waals surface area contributed by atoms with E-state index < -0.39 is 0 Å². The van der Waals surface area contributed by atoms with E-state index in [1.165, 1.54) is 0 Å². The summed E-state index contributed by atoms with van der Waals surface area (Å²) >= 11 is 0. The number of benzene rings is 4. The molecule has 0 bridgehead atoms. The van der Waals surface area contributed by atoms with Crippen LogP contribution in [0.1, 0.15) is 0 Å². The lowest BCUT2D eigenvalue weighted by molar-refractivity contribution is 0.420. The van der Waals surface area contributed by atoms with Gasteiger partial charge in [-0.1, -0.05) is 114 Å². The molecule has 6 aromatic rings. The molecule has 0 N–H and O–H groups in total. The Balaban J connectivity index is 1.60. The quantitative estimate of drug-likeness (QED) is 0.293. The van der Waals surface area contributed by atoms with E-state index in [0.717, 1.165) is 44.3 Å². The maximum atomic E-state index is 6.60. The molecule has 0 fully saturated rings. The molecule has 6 rings (SSSR count). The molecule has 0 spiro atoms. The van der Waals surface area contributed by atoms with Gasteiger partial charge in [-0.25, -0.2) is 0 Å². The number of fused-ring (bicyclic) bond motifs is 1. The molecule has 0 aliphatic heterocycles. The van der Waals surface area contributed by atoms with Crippen molar-refractivity contribution in [1.82, 2.24) is 5.16 Å². The van der Waals surface area contributed by atoms with Crippen molar-refractivity contribution in [2.24, 2.45) is 0 Å². The van der Waals surface area contributed by atoms with Gasteiger partial charge in [0.15, 0.2) is 11.5 Å². The van der Waals surface area contributed by atoms with Gasteiger partial charge >= 0.3 is 0 Å². The van der Waals surface area contributed by atoms with E-state index in [1.54, 1.807) is 6.26 Å². The molecule has 152 valence electrons. The van der Waals surface area contributed by atoms with Gasteiger partial charge in [0.1, 0.15) is 12.0 Å². The number of nitrogens with zero attached hydrogens (tertiary/aromatic N) is 1. The molecule has 0 aliphatic rings. The highest BCUT2D eigenvalue weighted by molar-refractivity contribution is 6.05. The predicted molar refractivity (Wildman–Crippen MR) is 128 cm³/mol. The van der Waals surface area contributed by atoms with Crippen molar-refractivity contribution in [3.8, 4) is 45.0 Å². The van der Waals surface area contributed by atoms with Gasteiger partial charge in [0.05, 0.1) is 5.56 Å². The zero-order valence-electron chi connectivity index (χ0n) is 17.2. The zero-order chi connectivity index (χ0) is 21.3. The minimum absolute atomic E-state index is 0.704. The molecule has 0 atom stereocenters. The van der Waals surface area contributed by atoms with Crippen LogP contribution < -0.4 is 0 Å². The molecule has 2 heterocycles. The largest absolute Gasteiger partial charge is 0.453 e. The summed E-state index contributed by atoms with van der Waals surface area (Å²) in [5.74, 6) is 1.54. The van der Waals surface area contributed by atoms with Crippen molar-refractivity contribution in [3.05, 3.63) is 115 Å². The first-order valence-corrected chi connectivity index (χ1v) is 10.6. The van der Waals surface area contributed by atoms with Gasteiger partial charge in [-0.05, 0) is 16.7 Å². The van der Waals surface area contributed by atoms with E-state index in [2.05, 4.69) is 59.8 Å². The average molecular weight is 413 g/mol. The smallest absolute Gasteiger partial charge is 0.165 e. The van der Waals surface area contributed by atoms with Crippen molar-refractivity contribution in [3.63, 3.8) is 0 Å². The van der Waals surface area contributed by atoms with Crippen molar-refractivity contribution in [2.45, 2.75) is 0 Å². The molecule has 0 aliphatic carbocycles. The van der Waals surface area contributed by atoms with Crippen LogP contribution in [0.5, 0.6) is 0 Å². The fourth-order valence-electron chi connectivity index (χ4n) is 4.24. The SMILES string of the molecule is c1ccc(-c2ccccc2-c2oc(-c3nocc3-c3ccccc3)c3ccccc23)cc1. The Bertz CT molecular complexity index is 1510. The van der Waals surface area contributed by atoms with Gasteiger partial charge in [-0.2, -0.15) is 0 Å². The standard InChI is InChI=1S/C29H19NO2/c1-3-11-20(12-4-1)22-15-7-8-16-23(22)28-24-17-9-10-18-25(24)29(32-28)27-26(19-31-30-27)21-13-5-2-6-14-21/h1-19H. The Hall–Kier alpha value is -4.37. The second kappa shape index (κ2) is 7.71. The fraction of sp³-hybridized carbons (Fsp3) is 0. The van der Waals surface area contributed by atoms with Crippen molar-refractivity contribution in [1.29, 1.82) is 0 Å². The molecule has 3 heteroatoms. The second-order valence-electron chi connectivity index (χ2n) is 7.66. The van der Waals surface area contributed by atoms with Crippen molar-refractivity contribution < 1.29 is 8.94 Å². The van der Waals surface area contributed by atoms with E-state index in [0.29, 0.717) is 11.5 Å². The van der Waals surface area contributed by atoms with Crippen LogP contribution in [0.4, 0.5) is 0 Å². The summed E-state index contributed by atoms with van der Waals surface area (Å²) in [6, 6.07) is 37.1. The van der Waals surface area contributed by atoms with E-state index >= 15 is 0 Å². The van der Waals surface area contributed by atoms with E-state index in [9.17, 15) is 0 Å². The van der Waals surface area contributed by atoms with Crippen LogP contribution in [0.3, 0.4) is 0 Å². The Morgan fingerprint density at radius 2 is 1.00 bits per heavy atom. The summed E-state index contributed by atoms with van der Waals surface area (Å²) in [4.78, 5) is 0. The molecule has 0 radical (unpaired) electrons. The van der Waals surface area contributed by atoms with Crippen LogP contribution in [0.25, 0.3) is 55.8 Å². The van der Waals surface area contributed by atoms with E-state index in [4.69, 9.17) is 8.94 Å². The van der Waals surface area contributed by atoms with E-state index in [1.807, 2.05) is 54.6 Å². The average Bonchev–Trinajstić information content (AvgIpc) is 3.50. The van der Waals surface area contributed by atoms with Crippen LogP contribution in [-0.4, -0.2) is 5.16 Å².